The molecule has 3 heterocycles. The minimum atomic E-state index is -0.790. The third kappa shape index (κ3) is 3.06. The summed E-state index contributed by atoms with van der Waals surface area (Å²) in [6.45, 7) is 0.419. The van der Waals surface area contributed by atoms with Gasteiger partial charge >= 0.3 is 0 Å². The van der Waals surface area contributed by atoms with Gasteiger partial charge < -0.3 is 19.2 Å². The maximum absolute atomic E-state index is 12.9. The Kier molecular flexibility index (Phi) is 4.18. The molecule has 1 N–H and O–H groups in total. The molecule has 0 saturated carbocycles. The zero-order chi connectivity index (χ0) is 18.1. The predicted octanol–water partition coefficient (Wildman–Crippen LogP) is 1.34. The molecule has 134 valence electrons. The number of amides is 1. The molecule has 1 amide bonds. The molecule has 3 aromatic rings. The van der Waals surface area contributed by atoms with Gasteiger partial charge in [-0.25, -0.2) is 4.98 Å². The van der Waals surface area contributed by atoms with E-state index in [2.05, 4.69) is 10.1 Å². The van der Waals surface area contributed by atoms with Crippen LogP contribution in [0.2, 0.25) is 0 Å². The largest absolute Gasteiger partial charge is 0.482 e. The van der Waals surface area contributed by atoms with Gasteiger partial charge in [0.25, 0.3) is 5.91 Å². The van der Waals surface area contributed by atoms with Crippen LogP contribution in [-0.2, 0) is 7.05 Å². The molecule has 0 aliphatic carbocycles. The van der Waals surface area contributed by atoms with Crippen LogP contribution < -0.4 is 4.74 Å². The van der Waals surface area contributed by atoms with Gasteiger partial charge in [0, 0.05) is 12.6 Å². The lowest BCUT2D eigenvalue weighted by Crippen LogP contribution is -2.31. The van der Waals surface area contributed by atoms with E-state index in [1.807, 2.05) is 30.3 Å². The van der Waals surface area contributed by atoms with E-state index in [9.17, 15) is 9.90 Å². The van der Waals surface area contributed by atoms with Crippen molar-refractivity contribution in [3.8, 4) is 17.0 Å². The summed E-state index contributed by atoms with van der Waals surface area (Å²) in [5, 5.41) is 14.3. The molecule has 2 aromatic heterocycles. The summed E-state index contributed by atoms with van der Waals surface area (Å²) >= 11 is 0. The van der Waals surface area contributed by atoms with Gasteiger partial charge in [-0.15, -0.1) is 0 Å². The van der Waals surface area contributed by atoms with Crippen molar-refractivity contribution < 1.29 is 19.1 Å². The van der Waals surface area contributed by atoms with Crippen molar-refractivity contribution in [1.82, 2.24) is 19.7 Å². The second kappa shape index (κ2) is 6.64. The molecule has 1 aromatic carbocycles. The number of aryl methyl sites for hydroxylation is 1. The molecule has 1 saturated heterocycles. The highest BCUT2D eigenvalue weighted by atomic mass is 16.5. The quantitative estimate of drug-likeness (QED) is 0.760. The molecule has 26 heavy (non-hydrogen) atoms. The molecule has 0 bridgehead atoms. The number of ether oxygens (including phenoxy) is 1. The standard InChI is InChI=1S/C18H18N4O4/c1-21-8-13(7-20-21)26-15-10-22(9-14(15)23)18(24)17-16(19-11-25-17)12-5-3-2-4-6-12/h2-8,11,14-15,23H,9-10H2,1H3/t14-,15-/m1/s1. The number of aliphatic hydroxyl groups is 1. The molecule has 0 radical (unpaired) electrons. The first kappa shape index (κ1) is 16.3. The van der Waals surface area contributed by atoms with Gasteiger partial charge in [-0.1, -0.05) is 30.3 Å². The summed E-state index contributed by atoms with van der Waals surface area (Å²) in [4.78, 5) is 18.5. The van der Waals surface area contributed by atoms with Crippen LogP contribution in [0.1, 0.15) is 10.6 Å². The molecule has 0 unspecified atom stereocenters. The molecule has 8 heteroatoms. The Bertz CT molecular complexity index is 905. The summed E-state index contributed by atoms with van der Waals surface area (Å²) in [5.74, 6) is 0.388. The zero-order valence-electron chi connectivity index (χ0n) is 14.1. The number of benzene rings is 1. The maximum atomic E-state index is 12.9. The van der Waals surface area contributed by atoms with Crippen LogP contribution >= 0.6 is 0 Å². The van der Waals surface area contributed by atoms with Crippen molar-refractivity contribution in [3.63, 3.8) is 0 Å². The number of aromatic nitrogens is 3. The van der Waals surface area contributed by atoms with Crippen molar-refractivity contribution in [2.75, 3.05) is 13.1 Å². The highest BCUT2D eigenvalue weighted by molar-refractivity contribution is 5.97. The first-order valence-electron chi connectivity index (χ1n) is 8.23. The summed E-state index contributed by atoms with van der Waals surface area (Å²) in [6.07, 6.45) is 3.22. The summed E-state index contributed by atoms with van der Waals surface area (Å²) < 4.78 is 12.7. The van der Waals surface area contributed by atoms with E-state index < -0.39 is 12.2 Å². The molecule has 1 aliphatic rings. The van der Waals surface area contributed by atoms with Crippen molar-refractivity contribution in [2.45, 2.75) is 12.2 Å². The molecule has 1 fully saturated rings. The number of oxazole rings is 1. The summed E-state index contributed by atoms with van der Waals surface area (Å²) in [6, 6.07) is 9.36. The Labute approximate surface area is 149 Å². The third-order valence-corrected chi connectivity index (χ3v) is 4.30. The Morgan fingerprint density at radius 1 is 1.31 bits per heavy atom. The molecular weight excluding hydrogens is 336 g/mol. The lowest BCUT2D eigenvalue weighted by Gasteiger charge is -2.15. The normalized spacial score (nSPS) is 19.7. The number of hydrogen-bond donors (Lipinski definition) is 1. The Morgan fingerprint density at radius 2 is 2.12 bits per heavy atom. The lowest BCUT2D eigenvalue weighted by molar-refractivity contribution is 0.0720. The number of carbonyl (C=O) groups is 1. The minimum Gasteiger partial charge on any atom is -0.482 e. The van der Waals surface area contributed by atoms with Gasteiger partial charge in [0.05, 0.1) is 25.5 Å². The number of hydrogen-bond acceptors (Lipinski definition) is 6. The van der Waals surface area contributed by atoms with E-state index in [1.54, 1.807) is 24.1 Å². The Balaban J connectivity index is 1.50. The van der Waals surface area contributed by atoms with Gasteiger partial charge in [-0.3, -0.25) is 9.48 Å². The number of rotatable bonds is 4. The van der Waals surface area contributed by atoms with E-state index in [0.717, 1.165) is 5.56 Å². The zero-order valence-corrected chi connectivity index (χ0v) is 14.1. The fourth-order valence-corrected chi connectivity index (χ4v) is 3.02. The smallest absolute Gasteiger partial charge is 0.292 e. The SMILES string of the molecule is Cn1cc(O[C@@H]2CN(C(=O)c3ocnc3-c3ccccc3)C[C@H]2O)cn1. The number of β-amino-alcohol motifs (C(OH)–C–C–N with tert-alkyl or cyclic N) is 1. The van der Waals surface area contributed by atoms with Crippen molar-refractivity contribution in [1.29, 1.82) is 0 Å². The van der Waals surface area contributed by atoms with E-state index >= 15 is 0 Å². The molecule has 1 aliphatic heterocycles. The van der Waals surface area contributed by atoms with E-state index in [1.165, 1.54) is 11.3 Å². The van der Waals surface area contributed by atoms with Gasteiger partial charge in [0.2, 0.25) is 5.76 Å². The molecule has 0 spiro atoms. The monoisotopic (exact) mass is 354 g/mol. The Morgan fingerprint density at radius 3 is 2.85 bits per heavy atom. The van der Waals surface area contributed by atoms with E-state index in [-0.39, 0.29) is 24.8 Å². The number of nitrogens with zero attached hydrogens (tertiary/aromatic N) is 4. The van der Waals surface area contributed by atoms with Gasteiger partial charge in [0.1, 0.15) is 17.9 Å². The minimum absolute atomic E-state index is 0.158. The predicted molar refractivity (Wildman–Crippen MR) is 91.5 cm³/mol. The average Bonchev–Trinajstić information content (AvgIpc) is 3.36. The van der Waals surface area contributed by atoms with Crippen LogP contribution in [0.4, 0.5) is 0 Å². The topological polar surface area (TPSA) is 93.6 Å². The van der Waals surface area contributed by atoms with Crippen molar-refractivity contribution in [2.24, 2.45) is 7.05 Å². The van der Waals surface area contributed by atoms with Crippen LogP contribution in [-0.4, -0.2) is 56.0 Å². The summed E-state index contributed by atoms with van der Waals surface area (Å²) in [7, 11) is 1.78. The summed E-state index contributed by atoms with van der Waals surface area (Å²) in [5.41, 5.74) is 1.29. The fourth-order valence-electron chi connectivity index (χ4n) is 3.02. The first-order valence-corrected chi connectivity index (χ1v) is 8.23. The fraction of sp³-hybridized carbons (Fsp3) is 0.278. The highest BCUT2D eigenvalue weighted by Gasteiger charge is 2.38. The number of likely N-dealkylation sites (tertiary alicyclic amines) is 1. The lowest BCUT2D eigenvalue weighted by atomic mass is 10.1. The van der Waals surface area contributed by atoms with Crippen molar-refractivity contribution in [3.05, 3.63) is 54.9 Å². The molecular formula is C18H18N4O4. The molecule has 8 nitrogen and oxygen atoms in total. The third-order valence-electron chi connectivity index (χ3n) is 4.30. The van der Waals surface area contributed by atoms with Gasteiger partial charge in [0.15, 0.2) is 12.1 Å². The Hall–Kier alpha value is -3.13. The maximum Gasteiger partial charge on any atom is 0.292 e. The number of aliphatic hydroxyl groups excluding tert-OH is 1. The first-order chi connectivity index (χ1) is 12.6. The van der Waals surface area contributed by atoms with Gasteiger partial charge in [-0.2, -0.15) is 5.10 Å². The van der Waals surface area contributed by atoms with Crippen LogP contribution in [0.3, 0.4) is 0 Å². The van der Waals surface area contributed by atoms with E-state index in [4.69, 9.17) is 9.15 Å². The van der Waals surface area contributed by atoms with Crippen LogP contribution in [0.15, 0.2) is 53.5 Å². The van der Waals surface area contributed by atoms with Crippen LogP contribution in [0, 0.1) is 0 Å². The molecule has 2 atom stereocenters. The number of carbonyl (C=O) groups excluding carboxylic acids is 1. The second-order valence-electron chi connectivity index (χ2n) is 6.18. The highest BCUT2D eigenvalue weighted by Crippen LogP contribution is 2.25. The van der Waals surface area contributed by atoms with Crippen LogP contribution in [0.5, 0.6) is 5.75 Å². The van der Waals surface area contributed by atoms with Crippen LogP contribution in [0.25, 0.3) is 11.3 Å². The van der Waals surface area contributed by atoms with Crippen molar-refractivity contribution >= 4 is 5.91 Å². The second-order valence-corrected chi connectivity index (χ2v) is 6.18. The van der Waals surface area contributed by atoms with E-state index in [0.29, 0.717) is 11.4 Å². The average molecular weight is 354 g/mol. The van der Waals surface area contributed by atoms with Gasteiger partial charge in [-0.05, 0) is 0 Å². The molecule has 4 rings (SSSR count).